The molecular formula is C16H15NO4. The van der Waals surface area contributed by atoms with E-state index in [4.69, 9.17) is 4.74 Å². The van der Waals surface area contributed by atoms with Gasteiger partial charge in [-0.15, -0.1) is 0 Å². The number of aromatic hydroxyl groups is 1. The van der Waals surface area contributed by atoms with Gasteiger partial charge >= 0.3 is 0 Å². The van der Waals surface area contributed by atoms with Crippen LogP contribution in [0.3, 0.4) is 0 Å². The van der Waals surface area contributed by atoms with Crippen LogP contribution < -0.4 is 10.1 Å². The summed E-state index contributed by atoms with van der Waals surface area (Å²) in [6, 6.07) is 13.0. The molecule has 0 aliphatic carbocycles. The van der Waals surface area contributed by atoms with E-state index < -0.39 is 0 Å². The van der Waals surface area contributed by atoms with E-state index in [0.717, 1.165) is 0 Å². The molecule has 0 saturated carbocycles. The molecule has 0 aromatic heterocycles. The second-order valence-corrected chi connectivity index (χ2v) is 4.34. The van der Waals surface area contributed by atoms with Gasteiger partial charge in [-0.25, -0.2) is 0 Å². The topological polar surface area (TPSA) is 75.6 Å². The summed E-state index contributed by atoms with van der Waals surface area (Å²) in [4.78, 5) is 23.3. The number of carbonyl (C=O) groups is 2. The number of amides is 1. The quantitative estimate of drug-likeness (QED) is 0.821. The molecule has 2 rings (SSSR count). The van der Waals surface area contributed by atoms with Gasteiger partial charge in [0.1, 0.15) is 11.5 Å². The monoisotopic (exact) mass is 285 g/mol. The minimum Gasteiger partial charge on any atom is -0.507 e. The van der Waals surface area contributed by atoms with Crippen LogP contribution in [-0.2, 0) is 4.79 Å². The molecule has 2 N–H and O–H groups in total. The Kier molecular flexibility index (Phi) is 4.56. The van der Waals surface area contributed by atoms with Crippen molar-refractivity contribution in [2.24, 2.45) is 0 Å². The number of hydrogen-bond acceptors (Lipinski definition) is 4. The van der Waals surface area contributed by atoms with Crippen molar-refractivity contribution in [2.75, 3.05) is 13.7 Å². The number of ketones is 1. The van der Waals surface area contributed by atoms with Crippen molar-refractivity contribution in [3.63, 3.8) is 0 Å². The van der Waals surface area contributed by atoms with Crippen LogP contribution in [0.2, 0.25) is 0 Å². The van der Waals surface area contributed by atoms with Crippen LogP contribution in [0.25, 0.3) is 0 Å². The van der Waals surface area contributed by atoms with Gasteiger partial charge in [-0.05, 0) is 12.1 Å². The zero-order valence-corrected chi connectivity index (χ0v) is 11.5. The summed E-state index contributed by atoms with van der Waals surface area (Å²) in [6.45, 7) is -0.151. The van der Waals surface area contributed by atoms with E-state index in [1.165, 1.54) is 19.2 Å². The van der Waals surface area contributed by atoms with E-state index >= 15 is 0 Å². The predicted molar refractivity (Wildman–Crippen MR) is 77.5 cm³/mol. The maximum Gasteiger partial charge on any atom is 0.257 e. The molecule has 2 aromatic carbocycles. The number of benzene rings is 2. The van der Waals surface area contributed by atoms with Crippen molar-refractivity contribution >= 4 is 11.7 Å². The van der Waals surface area contributed by atoms with Gasteiger partial charge in [0.05, 0.1) is 5.56 Å². The molecule has 0 aliphatic heterocycles. The second-order valence-electron chi connectivity index (χ2n) is 4.34. The summed E-state index contributed by atoms with van der Waals surface area (Å²) in [5.41, 5.74) is 0.681. The Labute approximate surface area is 122 Å². The molecule has 108 valence electrons. The highest BCUT2D eigenvalue weighted by atomic mass is 16.5. The van der Waals surface area contributed by atoms with Crippen LogP contribution >= 0.6 is 0 Å². The SMILES string of the molecule is CNC(=O)COc1ccc(C(=O)c2ccccc2)c(O)c1. The molecule has 0 spiro atoms. The Morgan fingerprint density at radius 2 is 1.86 bits per heavy atom. The average molecular weight is 285 g/mol. The third-order valence-electron chi connectivity index (χ3n) is 2.90. The second kappa shape index (κ2) is 6.56. The molecule has 0 unspecified atom stereocenters. The van der Waals surface area contributed by atoms with Gasteiger partial charge < -0.3 is 15.2 Å². The zero-order chi connectivity index (χ0) is 15.2. The summed E-state index contributed by atoms with van der Waals surface area (Å²) in [5, 5.41) is 12.4. The summed E-state index contributed by atoms with van der Waals surface area (Å²) in [7, 11) is 1.50. The largest absolute Gasteiger partial charge is 0.507 e. The van der Waals surface area contributed by atoms with Crippen LogP contribution in [0.15, 0.2) is 48.5 Å². The highest BCUT2D eigenvalue weighted by Crippen LogP contribution is 2.25. The lowest BCUT2D eigenvalue weighted by Gasteiger charge is -2.08. The van der Waals surface area contributed by atoms with Crippen molar-refractivity contribution in [2.45, 2.75) is 0 Å². The first-order chi connectivity index (χ1) is 10.1. The van der Waals surface area contributed by atoms with Crippen LogP contribution in [-0.4, -0.2) is 30.5 Å². The molecule has 5 heteroatoms. The van der Waals surface area contributed by atoms with Crippen molar-refractivity contribution in [3.05, 3.63) is 59.7 Å². The Morgan fingerprint density at radius 1 is 1.14 bits per heavy atom. The highest BCUT2D eigenvalue weighted by Gasteiger charge is 2.14. The Morgan fingerprint density at radius 3 is 2.48 bits per heavy atom. The molecule has 0 heterocycles. The molecule has 0 saturated heterocycles. The number of phenolic OH excluding ortho intramolecular Hbond substituents is 1. The summed E-state index contributed by atoms with van der Waals surface area (Å²) >= 11 is 0. The van der Waals surface area contributed by atoms with Gasteiger partial charge in [-0.2, -0.15) is 0 Å². The van der Waals surface area contributed by atoms with E-state index in [1.807, 2.05) is 6.07 Å². The Balaban J connectivity index is 2.16. The molecule has 21 heavy (non-hydrogen) atoms. The molecule has 0 radical (unpaired) electrons. The molecule has 0 bridgehead atoms. The number of carbonyl (C=O) groups excluding carboxylic acids is 2. The average Bonchev–Trinajstić information content (AvgIpc) is 2.53. The smallest absolute Gasteiger partial charge is 0.257 e. The molecule has 1 amide bonds. The number of rotatable bonds is 5. The van der Waals surface area contributed by atoms with Gasteiger partial charge in [0, 0.05) is 18.7 Å². The molecule has 0 atom stereocenters. The lowest BCUT2D eigenvalue weighted by atomic mass is 10.0. The van der Waals surface area contributed by atoms with Crippen LogP contribution in [0, 0.1) is 0 Å². The first kappa shape index (κ1) is 14.6. The van der Waals surface area contributed by atoms with Crippen LogP contribution in [0.1, 0.15) is 15.9 Å². The zero-order valence-electron chi connectivity index (χ0n) is 11.5. The van der Waals surface area contributed by atoms with Gasteiger partial charge in [-0.3, -0.25) is 9.59 Å². The third-order valence-corrected chi connectivity index (χ3v) is 2.90. The minimum atomic E-state index is -0.279. The number of hydrogen-bond donors (Lipinski definition) is 2. The summed E-state index contributed by atoms with van der Waals surface area (Å²) < 4.78 is 5.20. The normalized spacial score (nSPS) is 9.95. The maximum absolute atomic E-state index is 12.2. The van der Waals surface area contributed by atoms with Crippen molar-refractivity contribution in [1.82, 2.24) is 5.32 Å². The van der Waals surface area contributed by atoms with Gasteiger partial charge in [0.2, 0.25) is 0 Å². The lowest BCUT2D eigenvalue weighted by Crippen LogP contribution is -2.24. The maximum atomic E-state index is 12.2. The number of ether oxygens (including phenoxy) is 1. The van der Waals surface area contributed by atoms with Crippen molar-refractivity contribution in [1.29, 1.82) is 0 Å². The van der Waals surface area contributed by atoms with E-state index in [1.54, 1.807) is 30.3 Å². The fourth-order valence-corrected chi connectivity index (χ4v) is 1.76. The molecule has 5 nitrogen and oxygen atoms in total. The molecular weight excluding hydrogens is 270 g/mol. The van der Waals surface area contributed by atoms with Gasteiger partial charge in [0.15, 0.2) is 12.4 Å². The Bertz CT molecular complexity index is 653. The highest BCUT2D eigenvalue weighted by molar-refractivity contribution is 6.10. The van der Waals surface area contributed by atoms with Crippen LogP contribution in [0.4, 0.5) is 0 Å². The van der Waals surface area contributed by atoms with Crippen LogP contribution in [0.5, 0.6) is 11.5 Å². The Hall–Kier alpha value is -2.82. The first-order valence-electron chi connectivity index (χ1n) is 6.38. The lowest BCUT2D eigenvalue weighted by molar-refractivity contribution is -0.122. The third kappa shape index (κ3) is 3.60. The van der Waals surface area contributed by atoms with E-state index in [0.29, 0.717) is 11.3 Å². The number of nitrogens with one attached hydrogen (secondary N) is 1. The molecule has 0 aliphatic rings. The van der Waals surface area contributed by atoms with E-state index in [-0.39, 0.29) is 29.6 Å². The standard InChI is InChI=1S/C16H15NO4/c1-17-15(19)10-21-12-7-8-13(14(18)9-12)16(20)11-5-3-2-4-6-11/h2-9,18H,10H2,1H3,(H,17,19). The number of phenols is 1. The molecule has 2 aromatic rings. The predicted octanol–water partition coefficient (Wildman–Crippen LogP) is 1.75. The summed E-state index contributed by atoms with van der Waals surface area (Å²) in [6.07, 6.45) is 0. The number of likely N-dealkylation sites (N-methyl/N-ethyl adjacent to an activating group) is 1. The first-order valence-corrected chi connectivity index (χ1v) is 6.38. The van der Waals surface area contributed by atoms with Crippen molar-refractivity contribution in [3.8, 4) is 11.5 Å². The van der Waals surface area contributed by atoms with Crippen molar-refractivity contribution < 1.29 is 19.4 Å². The van der Waals surface area contributed by atoms with Gasteiger partial charge in [0.25, 0.3) is 5.91 Å². The fourth-order valence-electron chi connectivity index (χ4n) is 1.76. The fraction of sp³-hybridized carbons (Fsp3) is 0.125. The summed E-state index contributed by atoms with van der Waals surface area (Å²) in [5.74, 6) is -0.413. The van der Waals surface area contributed by atoms with E-state index in [2.05, 4.69) is 5.32 Å². The molecule has 0 fully saturated rings. The minimum absolute atomic E-state index is 0.151. The van der Waals surface area contributed by atoms with Gasteiger partial charge in [-0.1, -0.05) is 30.3 Å². The van der Waals surface area contributed by atoms with E-state index in [9.17, 15) is 14.7 Å².